The lowest BCUT2D eigenvalue weighted by Gasteiger charge is -2.09. The van der Waals surface area contributed by atoms with Crippen molar-refractivity contribution >= 4 is 5.97 Å². The minimum Gasteiger partial charge on any atom is -0.422 e. The van der Waals surface area contributed by atoms with Gasteiger partial charge in [-0.15, -0.1) is 0 Å². The van der Waals surface area contributed by atoms with Crippen LogP contribution in [0.3, 0.4) is 0 Å². The van der Waals surface area contributed by atoms with Crippen molar-refractivity contribution in [2.24, 2.45) is 0 Å². The number of aryl methyl sites for hydroxylation is 2. The Morgan fingerprint density at radius 2 is 1.19 bits per heavy atom. The average molecular weight is 582 g/mol. The number of hydrogen-bond donors (Lipinski definition) is 0. The zero-order chi connectivity index (χ0) is 30.5. The van der Waals surface area contributed by atoms with Gasteiger partial charge in [-0.2, -0.15) is 5.26 Å². The number of benzene rings is 2. The highest BCUT2D eigenvalue weighted by Crippen LogP contribution is 2.23. The van der Waals surface area contributed by atoms with E-state index in [1.165, 1.54) is 96.3 Å². The molecule has 0 saturated heterocycles. The third-order valence-corrected chi connectivity index (χ3v) is 8.09. The number of nitrogens with zero attached hydrogens (tertiary/aromatic N) is 3. The van der Waals surface area contributed by atoms with Crippen LogP contribution >= 0.6 is 0 Å². The second kappa shape index (κ2) is 20.4. The highest BCUT2D eigenvalue weighted by molar-refractivity contribution is 5.91. The van der Waals surface area contributed by atoms with Gasteiger partial charge in [-0.1, -0.05) is 122 Å². The van der Waals surface area contributed by atoms with Gasteiger partial charge in [-0.05, 0) is 61.1 Å². The van der Waals surface area contributed by atoms with Crippen LogP contribution in [0.1, 0.15) is 144 Å². The van der Waals surface area contributed by atoms with Gasteiger partial charge in [-0.3, -0.25) is 0 Å². The molecule has 0 fully saturated rings. The van der Waals surface area contributed by atoms with Crippen molar-refractivity contribution < 1.29 is 9.53 Å². The molecular formula is C38H51N3O2. The topological polar surface area (TPSA) is 75.9 Å². The Balaban J connectivity index is 1.43. The number of unbranched alkanes of at least 4 members (excludes halogenated alkanes) is 14. The van der Waals surface area contributed by atoms with Gasteiger partial charge in [0, 0.05) is 18.0 Å². The Labute approximate surface area is 260 Å². The maximum Gasteiger partial charge on any atom is 0.343 e. The minimum atomic E-state index is -0.486. The predicted octanol–water partition coefficient (Wildman–Crippen LogP) is 10.6. The van der Waals surface area contributed by atoms with Crippen LogP contribution in [0.2, 0.25) is 0 Å². The number of aromatic nitrogens is 2. The molecule has 3 rings (SSSR count). The second-order valence-corrected chi connectivity index (χ2v) is 11.8. The molecule has 0 aliphatic rings. The van der Waals surface area contributed by atoms with E-state index < -0.39 is 5.97 Å². The summed E-state index contributed by atoms with van der Waals surface area (Å²) >= 11 is 0. The van der Waals surface area contributed by atoms with Crippen LogP contribution in [-0.4, -0.2) is 15.9 Å². The largest absolute Gasteiger partial charge is 0.422 e. The Morgan fingerprint density at radius 1 is 0.674 bits per heavy atom. The molecule has 5 heteroatoms. The van der Waals surface area contributed by atoms with Crippen LogP contribution in [0.4, 0.5) is 0 Å². The van der Waals surface area contributed by atoms with E-state index >= 15 is 0 Å². The number of hydrogen-bond acceptors (Lipinski definition) is 5. The maximum absolute atomic E-state index is 12.8. The SMILES string of the molecule is CCCCCCCCCCc1cnc(-c2ccc(C(=O)Oc3ccc(CCCCCCCCCC)cc3C#N)cc2)nc1. The Kier molecular flexibility index (Phi) is 16.1. The number of carbonyl (C=O) groups is 1. The first-order valence-electron chi connectivity index (χ1n) is 16.8. The first-order valence-corrected chi connectivity index (χ1v) is 16.8. The number of rotatable bonds is 21. The monoisotopic (exact) mass is 581 g/mol. The molecule has 5 nitrogen and oxygen atoms in total. The number of carbonyl (C=O) groups excluding carboxylic acids is 1. The fourth-order valence-corrected chi connectivity index (χ4v) is 5.38. The van der Waals surface area contributed by atoms with Crippen LogP contribution < -0.4 is 4.74 Å². The lowest BCUT2D eigenvalue weighted by molar-refractivity contribution is 0.0734. The van der Waals surface area contributed by atoms with Crippen LogP contribution in [-0.2, 0) is 12.8 Å². The molecule has 0 amide bonds. The number of nitriles is 1. The Hall–Kier alpha value is -3.52. The smallest absolute Gasteiger partial charge is 0.343 e. The van der Waals surface area contributed by atoms with Crippen molar-refractivity contribution in [1.29, 1.82) is 5.26 Å². The van der Waals surface area contributed by atoms with Crippen LogP contribution in [0.5, 0.6) is 5.75 Å². The summed E-state index contributed by atoms with van der Waals surface area (Å²) in [4.78, 5) is 22.0. The molecular weight excluding hydrogens is 530 g/mol. The maximum atomic E-state index is 12.8. The molecule has 3 aromatic rings. The van der Waals surface area contributed by atoms with Crippen LogP contribution in [0, 0.1) is 11.3 Å². The third kappa shape index (κ3) is 12.7. The molecule has 1 aromatic heterocycles. The summed E-state index contributed by atoms with van der Waals surface area (Å²) in [6, 6.07) is 14.9. The van der Waals surface area contributed by atoms with E-state index in [9.17, 15) is 10.1 Å². The van der Waals surface area contributed by atoms with Gasteiger partial charge >= 0.3 is 5.97 Å². The molecule has 230 valence electrons. The van der Waals surface area contributed by atoms with E-state index in [0.29, 0.717) is 22.7 Å². The molecule has 0 saturated carbocycles. The van der Waals surface area contributed by atoms with Crippen molar-refractivity contribution in [2.45, 2.75) is 129 Å². The summed E-state index contributed by atoms with van der Waals surface area (Å²) in [7, 11) is 0. The minimum absolute atomic E-state index is 0.298. The van der Waals surface area contributed by atoms with Crippen molar-refractivity contribution in [3.8, 4) is 23.2 Å². The summed E-state index contributed by atoms with van der Waals surface area (Å²) in [5.41, 5.74) is 3.92. The molecule has 43 heavy (non-hydrogen) atoms. The average Bonchev–Trinajstić information content (AvgIpc) is 3.04. The van der Waals surface area contributed by atoms with Crippen LogP contribution in [0.25, 0.3) is 11.4 Å². The summed E-state index contributed by atoms with van der Waals surface area (Å²) in [5, 5.41) is 9.67. The van der Waals surface area contributed by atoms with Gasteiger partial charge in [0.1, 0.15) is 11.8 Å². The van der Waals surface area contributed by atoms with Gasteiger partial charge < -0.3 is 4.74 Å². The molecule has 0 aliphatic carbocycles. The zero-order valence-corrected chi connectivity index (χ0v) is 26.6. The summed E-state index contributed by atoms with van der Waals surface area (Å²) in [5.74, 6) is 0.450. The van der Waals surface area contributed by atoms with E-state index in [4.69, 9.17) is 4.74 Å². The molecule has 0 aliphatic heterocycles. The highest BCUT2D eigenvalue weighted by atomic mass is 16.5. The van der Waals surface area contributed by atoms with Crippen molar-refractivity contribution in [3.05, 3.63) is 77.1 Å². The predicted molar refractivity (Wildman–Crippen MR) is 176 cm³/mol. The van der Waals surface area contributed by atoms with Crippen molar-refractivity contribution in [1.82, 2.24) is 9.97 Å². The normalized spacial score (nSPS) is 10.9. The molecule has 0 unspecified atom stereocenters. The molecule has 1 heterocycles. The molecule has 0 spiro atoms. The van der Waals surface area contributed by atoms with Crippen molar-refractivity contribution in [2.75, 3.05) is 0 Å². The Morgan fingerprint density at radius 3 is 1.72 bits per heavy atom. The van der Waals surface area contributed by atoms with Crippen LogP contribution in [0.15, 0.2) is 54.9 Å². The van der Waals surface area contributed by atoms with Gasteiger partial charge in [0.15, 0.2) is 5.82 Å². The van der Waals surface area contributed by atoms with E-state index in [1.807, 2.05) is 36.7 Å². The summed E-state index contributed by atoms with van der Waals surface area (Å²) in [6.45, 7) is 4.50. The first-order chi connectivity index (χ1) is 21.1. The summed E-state index contributed by atoms with van der Waals surface area (Å²) < 4.78 is 5.61. The van der Waals surface area contributed by atoms with E-state index in [1.54, 1.807) is 18.2 Å². The van der Waals surface area contributed by atoms with E-state index in [0.717, 1.165) is 36.0 Å². The molecule has 2 aromatic carbocycles. The van der Waals surface area contributed by atoms with E-state index in [2.05, 4.69) is 29.9 Å². The van der Waals surface area contributed by atoms with Gasteiger partial charge in [-0.25, -0.2) is 14.8 Å². The molecule has 0 N–H and O–H groups in total. The highest BCUT2D eigenvalue weighted by Gasteiger charge is 2.13. The van der Waals surface area contributed by atoms with Gasteiger partial charge in [0.25, 0.3) is 0 Å². The molecule has 0 bridgehead atoms. The van der Waals surface area contributed by atoms with Crippen molar-refractivity contribution in [3.63, 3.8) is 0 Å². The van der Waals surface area contributed by atoms with Gasteiger partial charge in [0.2, 0.25) is 0 Å². The number of ether oxygens (including phenoxy) is 1. The third-order valence-electron chi connectivity index (χ3n) is 8.09. The fraction of sp³-hybridized carbons (Fsp3) is 0.526. The van der Waals surface area contributed by atoms with Gasteiger partial charge in [0.05, 0.1) is 11.1 Å². The quantitative estimate of drug-likeness (QED) is 0.0710. The number of esters is 1. The standard InChI is InChI=1S/C38H51N3O2/c1-3-5-7-9-11-13-15-17-19-31-21-26-36(35(27-31)28-39)43-38(42)34-24-22-33(23-25-34)37-40-29-32(30-41-37)20-18-16-14-12-10-8-6-4-2/h21-27,29-30H,3-20H2,1-2H3. The fourth-order valence-electron chi connectivity index (χ4n) is 5.38. The Bertz CT molecular complexity index is 1250. The summed E-state index contributed by atoms with van der Waals surface area (Å²) in [6.07, 6.45) is 26.4. The van der Waals surface area contributed by atoms with E-state index in [-0.39, 0.29) is 0 Å². The lowest BCUT2D eigenvalue weighted by atomic mass is 10.0. The first kappa shape index (κ1) is 34.0. The molecule has 0 atom stereocenters. The zero-order valence-electron chi connectivity index (χ0n) is 26.6. The lowest BCUT2D eigenvalue weighted by Crippen LogP contribution is -2.09. The molecule has 0 radical (unpaired) electrons. The second-order valence-electron chi connectivity index (χ2n) is 11.8.